The Bertz CT molecular complexity index is 626. The van der Waals surface area contributed by atoms with E-state index in [-0.39, 0.29) is 35.5 Å². The maximum Gasteiger partial charge on any atom is 0.226 e. The molecule has 1 saturated heterocycles. The van der Waals surface area contributed by atoms with Crippen LogP contribution in [-0.2, 0) is 9.59 Å². The second-order valence-electron chi connectivity index (χ2n) is 6.88. The summed E-state index contributed by atoms with van der Waals surface area (Å²) in [7, 11) is 0. The highest BCUT2D eigenvalue weighted by Crippen LogP contribution is 2.40. The lowest BCUT2D eigenvalue weighted by molar-refractivity contribution is -0.135. The molecule has 1 saturated carbocycles. The van der Waals surface area contributed by atoms with Crippen LogP contribution in [0.5, 0.6) is 0 Å². The summed E-state index contributed by atoms with van der Waals surface area (Å²) in [5.41, 5.74) is 0.588. The van der Waals surface area contributed by atoms with E-state index in [1.807, 2.05) is 29.7 Å². The van der Waals surface area contributed by atoms with Crippen molar-refractivity contribution in [2.45, 2.75) is 26.3 Å². The Morgan fingerprint density at radius 2 is 1.79 bits per heavy atom. The van der Waals surface area contributed by atoms with E-state index in [0.717, 1.165) is 0 Å². The van der Waals surface area contributed by atoms with Crippen molar-refractivity contribution in [2.24, 2.45) is 11.8 Å². The molecule has 1 aromatic rings. The largest absolute Gasteiger partial charge is 0.366 e. The highest BCUT2D eigenvalue weighted by atomic mass is 19.1. The quantitative estimate of drug-likeness (QED) is 0.911. The van der Waals surface area contributed by atoms with E-state index in [1.165, 1.54) is 6.07 Å². The molecule has 2 amide bonds. The number of amides is 2. The van der Waals surface area contributed by atoms with E-state index in [1.54, 1.807) is 12.1 Å². The first kappa shape index (κ1) is 16.7. The number of carbonyl (C=O) groups is 2. The molecule has 5 nitrogen and oxygen atoms in total. The topological polar surface area (TPSA) is 52.7 Å². The minimum absolute atomic E-state index is 0.0201. The average molecular weight is 333 g/mol. The molecule has 0 spiro atoms. The van der Waals surface area contributed by atoms with Gasteiger partial charge < -0.3 is 15.1 Å². The first-order chi connectivity index (χ1) is 11.5. The Balaban J connectivity index is 1.52. The van der Waals surface area contributed by atoms with Gasteiger partial charge in [0.25, 0.3) is 0 Å². The van der Waals surface area contributed by atoms with E-state index in [2.05, 4.69) is 5.32 Å². The molecule has 2 aliphatic rings. The Kier molecular flexibility index (Phi) is 4.73. The molecule has 1 heterocycles. The van der Waals surface area contributed by atoms with E-state index < -0.39 is 0 Å². The van der Waals surface area contributed by atoms with Crippen LogP contribution in [-0.4, -0.2) is 48.9 Å². The van der Waals surface area contributed by atoms with Gasteiger partial charge in [0.1, 0.15) is 5.82 Å². The van der Waals surface area contributed by atoms with Gasteiger partial charge in [-0.2, -0.15) is 0 Å². The van der Waals surface area contributed by atoms with Crippen LogP contribution in [0, 0.1) is 17.7 Å². The number of hydrogen-bond donors (Lipinski definition) is 1. The van der Waals surface area contributed by atoms with Gasteiger partial charge in [-0.05, 0) is 32.4 Å². The van der Waals surface area contributed by atoms with E-state index >= 15 is 0 Å². The third kappa shape index (κ3) is 3.52. The van der Waals surface area contributed by atoms with Crippen molar-refractivity contribution < 1.29 is 14.0 Å². The third-order valence-corrected chi connectivity index (χ3v) is 4.66. The standard InChI is InChI=1S/C18H24FN3O2/c1-12(2)20-17(23)13-11-14(13)18(24)22-9-7-21(8-10-22)16-6-4-3-5-15(16)19/h3-6,12-14H,7-11H2,1-2H3,(H,20,23). The summed E-state index contributed by atoms with van der Waals surface area (Å²) in [4.78, 5) is 28.3. The molecule has 130 valence electrons. The van der Waals surface area contributed by atoms with Crippen molar-refractivity contribution in [2.75, 3.05) is 31.1 Å². The van der Waals surface area contributed by atoms with Gasteiger partial charge >= 0.3 is 0 Å². The molecule has 0 radical (unpaired) electrons. The zero-order valence-corrected chi connectivity index (χ0v) is 14.2. The third-order valence-electron chi connectivity index (χ3n) is 4.66. The van der Waals surface area contributed by atoms with E-state index in [4.69, 9.17) is 0 Å². The van der Waals surface area contributed by atoms with Crippen LogP contribution in [0.4, 0.5) is 10.1 Å². The summed E-state index contributed by atoms with van der Waals surface area (Å²) in [6.45, 7) is 6.20. The summed E-state index contributed by atoms with van der Waals surface area (Å²) in [5, 5.41) is 2.87. The lowest BCUT2D eigenvalue weighted by Gasteiger charge is -2.36. The van der Waals surface area contributed by atoms with Crippen LogP contribution < -0.4 is 10.2 Å². The maximum absolute atomic E-state index is 13.8. The number of piperazine rings is 1. The number of nitrogens with one attached hydrogen (secondary N) is 1. The fourth-order valence-electron chi connectivity index (χ4n) is 3.26. The lowest BCUT2D eigenvalue weighted by Crippen LogP contribution is -2.49. The van der Waals surface area contributed by atoms with Gasteiger partial charge in [-0.3, -0.25) is 9.59 Å². The highest BCUT2D eigenvalue weighted by molar-refractivity contribution is 5.92. The van der Waals surface area contributed by atoms with Crippen molar-refractivity contribution in [3.63, 3.8) is 0 Å². The summed E-state index contributed by atoms with van der Waals surface area (Å²) < 4.78 is 13.8. The monoisotopic (exact) mass is 333 g/mol. The van der Waals surface area contributed by atoms with Crippen LogP contribution in [0.3, 0.4) is 0 Å². The Morgan fingerprint density at radius 1 is 1.12 bits per heavy atom. The molecule has 2 atom stereocenters. The van der Waals surface area contributed by atoms with Crippen molar-refractivity contribution in [3.8, 4) is 0 Å². The Morgan fingerprint density at radius 3 is 2.42 bits per heavy atom. The fourth-order valence-corrected chi connectivity index (χ4v) is 3.26. The minimum atomic E-state index is -0.232. The van der Waals surface area contributed by atoms with Gasteiger partial charge in [0.2, 0.25) is 11.8 Å². The predicted molar refractivity (Wildman–Crippen MR) is 90.1 cm³/mol. The fraction of sp³-hybridized carbons (Fsp3) is 0.556. The van der Waals surface area contributed by atoms with Crippen molar-refractivity contribution in [1.29, 1.82) is 0 Å². The number of rotatable bonds is 4. The molecule has 1 aliphatic heterocycles. The molecule has 3 rings (SSSR count). The molecule has 2 fully saturated rings. The Labute approximate surface area is 141 Å². The highest BCUT2D eigenvalue weighted by Gasteiger charge is 2.49. The molecule has 6 heteroatoms. The van der Waals surface area contributed by atoms with Crippen LogP contribution >= 0.6 is 0 Å². The van der Waals surface area contributed by atoms with Gasteiger partial charge in [0.15, 0.2) is 0 Å². The number of carbonyl (C=O) groups excluding carboxylic acids is 2. The van der Waals surface area contributed by atoms with Crippen LogP contribution in [0.2, 0.25) is 0 Å². The molecule has 1 N–H and O–H groups in total. The molecular weight excluding hydrogens is 309 g/mol. The number of benzene rings is 1. The molecule has 0 aromatic heterocycles. The first-order valence-corrected chi connectivity index (χ1v) is 8.56. The molecule has 24 heavy (non-hydrogen) atoms. The SMILES string of the molecule is CC(C)NC(=O)C1CC1C(=O)N1CCN(c2ccccc2F)CC1. The normalized spacial score (nSPS) is 23.3. The lowest BCUT2D eigenvalue weighted by atomic mass is 10.2. The van der Waals surface area contributed by atoms with Gasteiger partial charge in [-0.1, -0.05) is 12.1 Å². The number of anilines is 1. The Hall–Kier alpha value is -2.11. The van der Waals surface area contributed by atoms with Crippen molar-refractivity contribution in [1.82, 2.24) is 10.2 Å². The van der Waals surface area contributed by atoms with Crippen LogP contribution in [0.25, 0.3) is 0 Å². The number of para-hydroxylation sites is 1. The zero-order chi connectivity index (χ0) is 17.3. The smallest absolute Gasteiger partial charge is 0.226 e. The second kappa shape index (κ2) is 6.79. The molecule has 0 bridgehead atoms. The van der Waals surface area contributed by atoms with Gasteiger partial charge in [-0.25, -0.2) is 4.39 Å². The predicted octanol–water partition coefficient (Wildman–Crippen LogP) is 1.63. The summed E-state index contributed by atoms with van der Waals surface area (Å²) >= 11 is 0. The molecule has 1 aromatic carbocycles. The average Bonchev–Trinajstić information content (AvgIpc) is 3.35. The van der Waals surface area contributed by atoms with Gasteiger partial charge in [-0.15, -0.1) is 0 Å². The van der Waals surface area contributed by atoms with Crippen molar-refractivity contribution in [3.05, 3.63) is 30.1 Å². The van der Waals surface area contributed by atoms with Gasteiger partial charge in [0, 0.05) is 32.2 Å². The van der Waals surface area contributed by atoms with E-state index in [9.17, 15) is 14.0 Å². The van der Waals surface area contributed by atoms with Gasteiger partial charge in [0.05, 0.1) is 17.5 Å². The molecule has 2 unspecified atom stereocenters. The second-order valence-corrected chi connectivity index (χ2v) is 6.88. The zero-order valence-electron chi connectivity index (χ0n) is 14.2. The molecular formula is C18H24FN3O2. The van der Waals surface area contributed by atoms with Crippen LogP contribution in [0.1, 0.15) is 20.3 Å². The first-order valence-electron chi connectivity index (χ1n) is 8.56. The number of nitrogens with zero attached hydrogens (tertiary/aromatic N) is 2. The number of hydrogen-bond acceptors (Lipinski definition) is 3. The number of halogens is 1. The van der Waals surface area contributed by atoms with Crippen molar-refractivity contribution >= 4 is 17.5 Å². The van der Waals surface area contributed by atoms with E-state index in [0.29, 0.717) is 38.3 Å². The minimum Gasteiger partial charge on any atom is -0.366 e. The summed E-state index contributed by atoms with van der Waals surface area (Å²) in [6, 6.07) is 6.80. The van der Waals surface area contributed by atoms with Crippen LogP contribution in [0.15, 0.2) is 24.3 Å². The molecule has 1 aliphatic carbocycles. The maximum atomic E-state index is 13.8. The summed E-state index contributed by atoms with van der Waals surface area (Å²) in [5.74, 6) is -0.543. The summed E-state index contributed by atoms with van der Waals surface area (Å²) in [6.07, 6.45) is 0.644.